The maximum atomic E-state index is 13.1. The zero-order valence-corrected chi connectivity index (χ0v) is 20.1. The molecular weight excluding hydrogens is 415 g/mol. The highest BCUT2D eigenvalue weighted by atomic mass is 32.2. The summed E-state index contributed by atoms with van der Waals surface area (Å²) in [5, 5.41) is 0. The molecule has 4 rings (SSSR count). The third kappa shape index (κ3) is 5.43. The van der Waals surface area contributed by atoms with Crippen molar-refractivity contribution in [1.29, 1.82) is 0 Å². The molecule has 2 heterocycles. The molecule has 0 radical (unpaired) electrons. The van der Waals surface area contributed by atoms with Gasteiger partial charge in [-0.05, 0) is 50.0 Å². The quantitative estimate of drug-likeness (QED) is 0.531. The van der Waals surface area contributed by atoms with Crippen LogP contribution in [0.4, 0.5) is 5.69 Å². The average Bonchev–Trinajstić information content (AvgIpc) is 3.22. The number of amides is 1. The molecule has 5 nitrogen and oxygen atoms in total. The number of carbonyl (C=O) groups is 1. The molecule has 0 spiro atoms. The monoisotopic (exact) mass is 448 g/mol. The molecule has 1 unspecified atom stereocenters. The highest BCUT2D eigenvalue weighted by Gasteiger charge is 2.33. The Labute approximate surface area is 195 Å². The van der Waals surface area contributed by atoms with Crippen LogP contribution in [0.15, 0.2) is 61.1 Å². The molecule has 2 aromatic carbocycles. The fourth-order valence-corrected chi connectivity index (χ4v) is 4.78. The number of carbonyl (C=O) groups excluding carboxylic acids is 1. The minimum Gasteiger partial charge on any atom is -0.310 e. The summed E-state index contributed by atoms with van der Waals surface area (Å²) in [5.74, 6) is 1.27. The number of anilines is 1. The predicted octanol–water partition coefficient (Wildman–Crippen LogP) is 3.94. The lowest BCUT2D eigenvalue weighted by molar-refractivity contribution is -0.695. The van der Waals surface area contributed by atoms with Gasteiger partial charge in [0.15, 0.2) is 5.69 Å². The lowest BCUT2D eigenvalue weighted by atomic mass is 10.1. The minimum absolute atomic E-state index is 0.176. The normalized spacial score (nSPS) is 17.2. The van der Waals surface area contributed by atoms with Crippen LogP contribution in [0.3, 0.4) is 0 Å². The molecule has 0 saturated carbocycles. The Kier molecular flexibility index (Phi) is 7.33. The van der Waals surface area contributed by atoms with E-state index in [-0.39, 0.29) is 5.91 Å². The van der Waals surface area contributed by atoms with Gasteiger partial charge < -0.3 is 4.90 Å². The number of hydrogen-bond acceptors (Lipinski definition) is 3. The van der Waals surface area contributed by atoms with Gasteiger partial charge in [-0.3, -0.25) is 9.69 Å². The predicted molar refractivity (Wildman–Crippen MR) is 132 cm³/mol. The van der Waals surface area contributed by atoms with Crippen LogP contribution >= 0.6 is 11.8 Å². The number of nitrogens with one attached hydrogen (secondary N) is 1. The zero-order valence-electron chi connectivity index (χ0n) is 19.3. The molecular formula is C26H33N4OS+. The lowest BCUT2D eigenvalue weighted by Crippen LogP contribution is -2.57. The highest BCUT2D eigenvalue weighted by molar-refractivity contribution is 7.98. The number of rotatable bonds is 8. The van der Waals surface area contributed by atoms with Crippen LogP contribution in [-0.4, -0.2) is 46.9 Å². The van der Waals surface area contributed by atoms with E-state index in [1.54, 1.807) is 0 Å². The van der Waals surface area contributed by atoms with Crippen molar-refractivity contribution in [3.8, 4) is 0 Å². The molecule has 1 atom stereocenters. The fraction of sp³-hybridized carbons (Fsp3) is 0.385. The smallest absolute Gasteiger partial charge is 0.242 e. The number of H-pyrrole nitrogens is 1. The second kappa shape index (κ2) is 10.4. The molecule has 0 bridgehead atoms. The van der Waals surface area contributed by atoms with Crippen molar-refractivity contribution in [2.45, 2.75) is 39.4 Å². The van der Waals surface area contributed by atoms with Gasteiger partial charge in [0.25, 0.3) is 0 Å². The minimum atomic E-state index is 0.176. The summed E-state index contributed by atoms with van der Waals surface area (Å²) in [4.78, 5) is 20.7. The summed E-state index contributed by atoms with van der Waals surface area (Å²) in [5.41, 5.74) is 5.97. The van der Waals surface area contributed by atoms with Crippen LogP contribution in [0.2, 0.25) is 0 Å². The van der Waals surface area contributed by atoms with Crippen molar-refractivity contribution in [2.24, 2.45) is 0 Å². The van der Waals surface area contributed by atoms with Gasteiger partial charge in [-0.1, -0.05) is 47.5 Å². The number of aryl methyl sites for hydroxylation is 2. The van der Waals surface area contributed by atoms with Gasteiger partial charge in [-0.25, -0.2) is 9.55 Å². The molecule has 0 aliphatic carbocycles. The zero-order chi connectivity index (χ0) is 22.5. The Hall–Kier alpha value is -2.57. The molecule has 3 aromatic rings. The van der Waals surface area contributed by atoms with E-state index in [1.807, 2.05) is 23.0 Å². The third-order valence-electron chi connectivity index (χ3n) is 6.24. The number of thioether (sulfide) groups is 1. The molecule has 1 aliphatic rings. The summed E-state index contributed by atoms with van der Waals surface area (Å²) in [6, 6.07) is 17.3. The van der Waals surface area contributed by atoms with Crippen LogP contribution in [-0.2, 0) is 17.9 Å². The van der Waals surface area contributed by atoms with E-state index in [0.29, 0.717) is 12.6 Å². The standard InChI is InChI=1S/C26H32N4OS/c1-20-4-8-22(9-5-20)15-29-19-27-14-25(29)16-28-18-26(31)30(17-24(28)12-13-32-3)23-10-6-21(2)7-11-23/h4-11,14,19,24H,12-13,15-18H2,1-3H3/p+1/i3-1. The van der Waals surface area contributed by atoms with Crippen molar-refractivity contribution in [3.05, 3.63) is 83.4 Å². The van der Waals surface area contributed by atoms with Crippen molar-refractivity contribution >= 4 is 23.4 Å². The Morgan fingerprint density at radius 2 is 1.75 bits per heavy atom. The highest BCUT2D eigenvalue weighted by Crippen LogP contribution is 2.24. The van der Waals surface area contributed by atoms with E-state index >= 15 is 0 Å². The first-order valence-electron chi connectivity index (χ1n) is 11.2. The number of aromatic amines is 1. The average molecular weight is 449 g/mol. The molecule has 1 saturated heterocycles. The maximum absolute atomic E-state index is 13.1. The van der Waals surface area contributed by atoms with Crippen LogP contribution in [0.1, 0.15) is 28.8 Å². The van der Waals surface area contributed by atoms with Gasteiger partial charge in [-0.2, -0.15) is 11.8 Å². The molecule has 1 aromatic heterocycles. The molecule has 1 aliphatic heterocycles. The first-order valence-corrected chi connectivity index (χ1v) is 12.6. The van der Waals surface area contributed by atoms with Crippen molar-refractivity contribution in [2.75, 3.05) is 30.0 Å². The summed E-state index contributed by atoms with van der Waals surface area (Å²) >= 11 is 1.87. The van der Waals surface area contributed by atoms with Gasteiger partial charge in [0.1, 0.15) is 12.7 Å². The van der Waals surface area contributed by atoms with Gasteiger partial charge >= 0.3 is 0 Å². The number of nitrogens with zero attached hydrogens (tertiary/aromatic N) is 3. The Morgan fingerprint density at radius 1 is 1.06 bits per heavy atom. The van der Waals surface area contributed by atoms with Crippen molar-refractivity contribution in [1.82, 2.24) is 9.88 Å². The van der Waals surface area contributed by atoms with Gasteiger partial charge in [0.2, 0.25) is 12.2 Å². The maximum Gasteiger partial charge on any atom is 0.242 e. The summed E-state index contributed by atoms with van der Waals surface area (Å²) in [6.45, 7) is 6.97. The second-order valence-electron chi connectivity index (χ2n) is 8.73. The van der Waals surface area contributed by atoms with Gasteiger partial charge in [-0.15, -0.1) is 0 Å². The fourth-order valence-electron chi connectivity index (χ4n) is 4.27. The van der Waals surface area contributed by atoms with Crippen LogP contribution in [0.25, 0.3) is 0 Å². The van der Waals surface area contributed by atoms with E-state index in [4.69, 9.17) is 0 Å². The molecule has 32 heavy (non-hydrogen) atoms. The number of piperazine rings is 1. The summed E-state index contributed by atoms with van der Waals surface area (Å²) < 4.78 is 2.26. The van der Waals surface area contributed by atoms with Gasteiger partial charge in [0.05, 0.1) is 13.1 Å². The van der Waals surface area contributed by atoms with E-state index < -0.39 is 0 Å². The first-order chi connectivity index (χ1) is 15.5. The van der Waals surface area contributed by atoms with Crippen LogP contribution < -0.4 is 9.47 Å². The lowest BCUT2D eigenvalue weighted by Gasteiger charge is -2.40. The van der Waals surface area contributed by atoms with Gasteiger partial charge in [0, 0.05) is 18.3 Å². The molecule has 1 N–H and O–H groups in total. The molecule has 168 valence electrons. The third-order valence-corrected chi connectivity index (χ3v) is 6.88. The van der Waals surface area contributed by atoms with E-state index in [9.17, 15) is 4.79 Å². The second-order valence-corrected chi connectivity index (χ2v) is 9.71. The van der Waals surface area contributed by atoms with Crippen molar-refractivity contribution < 1.29 is 9.36 Å². The largest absolute Gasteiger partial charge is 0.310 e. The SMILES string of the molecule is Cc1ccc(C[n+]2c[nH]cc2CN2CC(=O)N(c3ccc(C)cc3)CC2CCS[11CH3])cc1. The Morgan fingerprint density at radius 3 is 2.44 bits per heavy atom. The molecule has 1 fully saturated rings. The Bertz CT molecular complexity index is 1030. The number of benzene rings is 2. The topological polar surface area (TPSA) is 43.2 Å². The van der Waals surface area contributed by atoms with E-state index in [0.717, 1.165) is 37.5 Å². The number of aromatic nitrogens is 2. The number of imidazole rings is 1. The van der Waals surface area contributed by atoms with Crippen molar-refractivity contribution in [3.63, 3.8) is 0 Å². The molecule has 6 heteroatoms. The Balaban J connectivity index is 1.50. The van der Waals surface area contributed by atoms with Crippen LogP contribution in [0.5, 0.6) is 0 Å². The van der Waals surface area contributed by atoms with E-state index in [2.05, 4.69) is 89.3 Å². The summed E-state index contributed by atoms with van der Waals surface area (Å²) in [7, 11) is 0. The summed E-state index contributed by atoms with van der Waals surface area (Å²) in [6.07, 6.45) is 7.31. The molecule has 1 amide bonds. The first kappa shape index (κ1) is 22.6. The number of hydrogen-bond donors (Lipinski definition) is 1. The van der Waals surface area contributed by atoms with Crippen LogP contribution in [0, 0.1) is 13.8 Å². The van der Waals surface area contributed by atoms with E-state index in [1.165, 1.54) is 22.4 Å².